The number of aliphatic carboxylic acids is 1. The molecule has 0 unspecified atom stereocenters. The van der Waals surface area contributed by atoms with E-state index in [2.05, 4.69) is 34.6 Å². The Labute approximate surface area is 207 Å². The Balaban J connectivity index is 1.36. The van der Waals surface area contributed by atoms with Crippen molar-refractivity contribution in [1.29, 1.82) is 0 Å². The monoisotopic (exact) mass is 493 g/mol. The van der Waals surface area contributed by atoms with E-state index in [0.717, 1.165) is 33.6 Å². The molecule has 1 heterocycles. The first kappa shape index (κ1) is 24.4. The molecule has 0 saturated heterocycles. The van der Waals surface area contributed by atoms with Crippen molar-refractivity contribution in [2.24, 2.45) is 0 Å². The summed E-state index contributed by atoms with van der Waals surface area (Å²) in [7, 11) is 0. The van der Waals surface area contributed by atoms with Gasteiger partial charge in [-0.3, -0.25) is 14.9 Å². The fourth-order valence-electron chi connectivity index (χ4n) is 4.29. The molecule has 0 spiro atoms. The van der Waals surface area contributed by atoms with E-state index in [4.69, 9.17) is 9.84 Å². The van der Waals surface area contributed by atoms with E-state index < -0.39 is 12.1 Å². The number of carbonyl (C=O) groups excluding carboxylic acids is 2. The maximum Gasteiger partial charge on any atom is 0.413 e. The minimum Gasteiger partial charge on any atom is -0.481 e. The van der Waals surface area contributed by atoms with Gasteiger partial charge in [0.1, 0.15) is 11.5 Å². The highest BCUT2D eigenvalue weighted by Crippen LogP contribution is 2.44. The average Bonchev–Trinajstić information content (AvgIpc) is 3.42. The Bertz CT molecular complexity index is 1190. The molecule has 0 bridgehead atoms. The molecule has 1 aromatic heterocycles. The summed E-state index contributed by atoms with van der Waals surface area (Å²) in [5, 5.41) is 11.7. The molecule has 0 fully saturated rings. The lowest BCUT2D eigenvalue weighted by molar-refractivity contribution is -0.137. The van der Waals surface area contributed by atoms with Crippen LogP contribution in [-0.4, -0.2) is 52.2 Å². The molecule has 9 heteroatoms. The number of aromatic nitrogens is 1. The van der Waals surface area contributed by atoms with Gasteiger partial charge in [-0.1, -0.05) is 59.9 Å². The van der Waals surface area contributed by atoms with E-state index in [0.29, 0.717) is 17.8 Å². The van der Waals surface area contributed by atoms with E-state index in [1.807, 2.05) is 38.1 Å². The maximum absolute atomic E-state index is 12.9. The number of fused-ring (bicyclic) bond motifs is 3. The van der Waals surface area contributed by atoms with Crippen LogP contribution in [0.15, 0.2) is 54.7 Å². The van der Waals surface area contributed by atoms with Crippen molar-refractivity contribution in [3.8, 4) is 11.1 Å². The molecule has 2 N–H and O–H groups in total. The lowest BCUT2D eigenvalue weighted by atomic mass is 9.98. The van der Waals surface area contributed by atoms with Crippen molar-refractivity contribution < 1.29 is 24.2 Å². The van der Waals surface area contributed by atoms with Crippen LogP contribution in [0.1, 0.15) is 53.4 Å². The van der Waals surface area contributed by atoms with Gasteiger partial charge in [-0.15, -0.1) is 0 Å². The lowest BCUT2D eigenvalue weighted by Gasteiger charge is -2.25. The van der Waals surface area contributed by atoms with E-state index >= 15 is 0 Å². The molecule has 0 saturated carbocycles. The number of carboxylic acid groups (broad SMARTS) is 1. The van der Waals surface area contributed by atoms with Crippen LogP contribution in [0.25, 0.3) is 11.1 Å². The summed E-state index contributed by atoms with van der Waals surface area (Å²) in [6.07, 6.45) is 1.14. The minimum atomic E-state index is -0.895. The molecule has 4 rings (SSSR count). The molecule has 182 valence electrons. The zero-order chi connectivity index (χ0) is 24.9. The smallest absolute Gasteiger partial charge is 0.413 e. The normalized spacial score (nSPS) is 12.2. The van der Waals surface area contributed by atoms with Crippen molar-refractivity contribution in [2.75, 3.05) is 18.5 Å². The van der Waals surface area contributed by atoms with Gasteiger partial charge in [-0.05, 0) is 42.5 Å². The summed E-state index contributed by atoms with van der Waals surface area (Å²) in [5.41, 5.74) is 4.55. The third-order valence-electron chi connectivity index (χ3n) is 5.94. The van der Waals surface area contributed by atoms with Crippen LogP contribution in [0.4, 0.5) is 9.93 Å². The van der Waals surface area contributed by atoms with Gasteiger partial charge in [-0.2, -0.15) is 0 Å². The maximum atomic E-state index is 12.9. The number of hydrogen-bond donors (Lipinski definition) is 2. The van der Waals surface area contributed by atoms with Crippen LogP contribution in [-0.2, 0) is 9.53 Å². The van der Waals surface area contributed by atoms with Gasteiger partial charge in [0.15, 0.2) is 5.13 Å². The van der Waals surface area contributed by atoms with Gasteiger partial charge < -0.3 is 14.7 Å². The predicted molar refractivity (Wildman–Crippen MR) is 134 cm³/mol. The topological polar surface area (TPSA) is 109 Å². The summed E-state index contributed by atoms with van der Waals surface area (Å²) in [6.45, 7) is 4.25. The lowest BCUT2D eigenvalue weighted by Crippen LogP contribution is -2.37. The number of hydrogen-bond acceptors (Lipinski definition) is 6. The number of benzene rings is 2. The summed E-state index contributed by atoms with van der Waals surface area (Å²) < 4.78 is 5.54. The van der Waals surface area contributed by atoms with Gasteiger partial charge >= 0.3 is 12.1 Å². The zero-order valence-corrected chi connectivity index (χ0v) is 20.4. The summed E-state index contributed by atoms with van der Waals surface area (Å²) in [6, 6.07) is 16.1. The number of rotatable bonds is 9. The molecule has 2 amide bonds. The standard InChI is InChI=1S/C26H27N3O5S/c1-16(2)29(13-7-12-23(30)31)24(32)22-14-27-25(35-22)28-26(33)34-15-21-19-10-5-3-8-17(19)18-9-4-6-11-20(18)21/h3-6,8-11,14,16,21H,7,12-13,15H2,1-2H3,(H,30,31)(H,27,28,33). The van der Waals surface area contributed by atoms with Crippen molar-refractivity contribution in [3.63, 3.8) is 0 Å². The van der Waals surface area contributed by atoms with E-state index in [1.165, 1.54) is 6.20 Å². The van der Waals surface area contributed by atoms with E-state index in [-0.39, 0.29) is 36.0 Å². The van der Waals surface area contributed by atoms with Crippen LogP contribution in [0, 0.1) is 0 Å². The first-order chi connectivity index (χ1) is 16.8. The molecule has 0 atom stereocenters. The third-order valence-corrected chi connectivity index (χ3v) is 6.84. The number of carbonyl (C=O) groups is 3. The van der Waals surface area contributed by atoms with E-state index in [9.17, 15) is 14.4 Å². The van der Waals surface area contributed by atoms with Crippen LogP contribution in [0.3, 0.4) is 0 Å². The van der Waals surface area contributed by atoms with Crippen LogP contribution >= 0.6 is 11.3 Å². The van der Waals surface area contributed by atoms with Crippen LogP contribution in [0.2, 0.25) is 0 Å². The second kappa shape index (κ2) is 10.7. The molecule has 0 aliphatic heterocycles. The Kier molecular flexibility index (Phi) is 7.45. The molecular formula is C26H27N3O5S. The highest BCUT2D eigenvalue weighted by molar-refractivity contribution is 7.17. The highest BCUT2D eigenvalue weighted by Gasteiger charge is 2.29. The molecule has 0 radical (unpaired) electrons. The van der Waals surface area contributed by atoms with Gasteiger partial charge in [0.05, 0.1) is 6.20 Å². The average molecular weight is 494 g/mol. The van der Waals surface area contributed by atoms with Gasteiger partial charge in [-0.25, -0.2) is 9.78 Å². The molecule has 8 nitrogen and oxygen atoms in total. The number of ether oxygens (including phenoxy) is 1. The summed E-state index contributed by atoms with van der Waals surface area (Å²) >= 11 is 1.06. The predicted octanol–water partition coefficient (Wildman–Crippen LogP) is 5.22. The molecule has 2 aromatic carbocycles. The Morgan fingerprint density at radius 3 is 2.31 bits per heavy atom. The van der Waals surface area contributed by atoms with Crippen molar-refractivity contribution >= 4 is 34.4 Å². The van der Waals surface area contributed by atoms with Crippen molar-refractivity contribution in [1.82, 2.24) is 9.88 Å². The molecular weight excluding hydrogens is 466 g/mol. The summed E-state index contributed by atoms with van der Waals surface area (Å²) in [5.74, 6) is -1.19. The molecule has 1 aliphatic carbocycles. The first-order valence-corrected chi connectivity index (χ1v) is 12.3. The number of nitrogens with one attached hydrogen (secondary N) is 1. The molecule has 35 heavy (non-hydrogen) atoms. The number of carboxylic acids is 1. The van der Waals surface area contributed by atoms with Crippen molar-refractivity contribution in [2.45, 2.75) is 38.6 Å². The fraction of sp³-hybridized carbons (Fsp3) is 0.308. The zero-order valence-electron chi connectivity index (χ0n) is 19.6. The van der Waals surface area contributed by atoms with Crippen molar-refractivity contribution in [3.05, 3.63) is 70.7 Å². The van der Waals surface area contributed by atoms with Gasteiger partial charge in [0.2, 0.25) is 0 Å². The Hall–Kier alpha value is -3.72. The van der Waals surface area contributed by atoms with E-state index in [1.54, 1.807) is 4.90 Å². The first-order valence-electron chi connectivity index (χ1n) is 11.5. The van der Waals surface area contributed by atoms with Gasteiger partial charge in [0, 0.05) is 24.9 Å². The van der Waals surface area contributed by atoms with Crippen LogP contribution < -0.4 is 5.32 Å². The molecule has 3 aromatic rings. The highest BCUT2D eigenvalue weighted by atomic mass is 32.1. The SMILES string of the molecule is CC(C)N(CCCC(=O)O)C(=O)c1cnc(NC(=O)OCC2c3ccccc3-c3ccccc32)s1. The third kappa shape index (κ3) is 5.51. The Morgan fingerprint density at radius 2 is 1.71 bits per heavy atom. The fourth-order valence-corrected chi connectivity index (χ4v) is 5.05. The van der Waals surface area contributed by atoms with Gasteiger partial charge in [0.25, 0.3) is 5.91 Å². The second-order valence-corrected chi connectivity index (χ2v) is 9.60. The number of nitrogens with zero attached hydrogens (tertiary/aromatic N) is 2. The Morgan fingerprint density at radius 1 is 1.09 bits per heavy atom. The quantitative estimate of drug-likeness (QED) is 0.423. The number of amides is 2. The molecule has 1 aliphatic rings. The minimum absolute atomic E-state index is 0.00617. The number of thiazole rings is 1. The van der Waals surface area contributed by atoms with Crippen LogP contribution in [0.5, 0.6) is 0 Å². The largest absolute Gasteiger partial charge is 0.481 e. The second-order valence-electron chi connectivity index (χ2n) is 8.57. The summed E-state index contributed by atoms with van der Waals surface area (Å²) in [4.78, 5) is 42.3. The number of anilines is 1.